The zero-order chi connectivity index (χ0) is 13.2. The second kappa shape index (κ2) is 5.57. The van der Waals surface area contributed by atoms with E-state index in [0.717, 1.165) is 35.1 Å². The highest BCUT2D eigenvalue weighted by Gasteiger charge is 2.30. The monoisotopic (exact) mass is 358 g/mol. The second-order valence-corrected chi connectivity index (χ2v) is 6.24. The lowest BCUT2D eigenvalue weighted by Crippen LogP contribution is -2.51. The molecule has 1 heterocycles. The lowest BCUT2D eigenvalue weighted by molar-refractivity contribution is 0.0661. The highest BCUT2D eigenvalue weighted by molar-refractivity contribution is 14.1. The third-order valence-corrected chi connectivity index (χ3v) is 4.80. The third-order valence-electron chi connectivity index (χ3n) is 3.86. The molecule has 3 nitrogen and oxygen atoms in total. The van der Waals surface area contributed by atoms with Crippen LogP contribution in [-0.2, 0) is 0 Å². The summed E-state index contributed by atoms with van der Waals surface area (Å²) >= 11 is 2.23. The van der Waals surface area contributed by atoms with Gasteiger partial charge >= 0.3 is 0 Å². The Labute approximate surface area is 122 Å². The van der Waals surface area contributed by atoms with Gasteiger partial charge in [-0.1, -0.05) is 12.1 Å². The minimum Gasteiger partial charge on any atom is -0.338 e. The van der Waals surface area contributed by atoms with Gasteiger partial charge in [-0.15, -0.1) is 0 Å². The van der Waals surface area contributed by atoms with Crippen molar-refractivity contribution in [3.05, 3.63) is 33.4 Å². The average Bonchev–Trinajstić information content (AvgIpc) is 2.39. The van der Waals surface area contributed by atoms with Crippen molar-refractivity contribution in [2.75, 3.05) is 20.1 Å². The molecule has 1 aliphatic heterocycles. The topological polar surface area (TPSA) is 32.3 Å². The van der Waals surface area contributed by atoms with E-state index in [4.69, 9.17) is 0 Å². The van der Waals surface area contributed by atoms with Gasteiger partial charge in [-0.2, -0.15) is 0 Å². The average molecular weight is 358 g/mol. The molecule has 1 saturated heterocycles. The molecule has 1 aromatic rings. The van der Waals surface area contributed by atoms with E-state index in [2.05, 4.69) is 34.8 Å². The van der Waals surface area contributed by atoms with Crippen LogP contribution >= 0.6 is 22.6 Å². The molecule has 0 radical (unpaired) electrons. The number of likely N-dealkylation sites (tertiary alicyclic amines) is 1. The van der Waals surface area contributed by atoms with E-state index in [0.29, 0.717) is 0 Å². The van der Waals surface area contributed by atoms with Crippen LogP contribution in [0, 0.1) is 3.57 Å². The summed E-state index contributed by atoms with van der Waals surface area (Å²) in [4.78, 5) is 14.4. The van der Waals surface area contributed by atoms with Crippen LogP contribution in [0.25, 0.3) is 0 Å². The smallest absolute Gasteiger partial charge is 0.254 e. The Morgan fingerprint density at radius 1 is 1.33 bits per heavy atom. The number of nitrogens with one attached hydrogen (secondary N) is 1. The number of hydrogen-bond donors (Lipinski definition) is 1. The number of rotatable bonds is 2. The normalized spacial score (nSPS) is 18.7. The number of hydrogen-bond acceptors (Lipinski definition) is 2. The highest BCUT2D eigenvalue weighted by atomic mass is 127. The van der Waals surface area contributed by atoms with Crippen molar-refractivity contribution in [3.8, 4) is 0 Å². The fourth-order valence-electron chi connectivity index (χ4n) is 2.26. The van der Waals surface area contributed by atoms with Crippen molar-refractivity contribution >= 4 is 28.5 Å². The van der Waals surface area contributed by atoms with Gasteiger partial charge in [-0.05, 0) is 61.5 Å². The molecule has 4 heteroatoms. The van der Waals surface area contributed by atoms with Crippen molar-refractivity contribution in [2.24, 2.45) is 0 Å². The van der Waals surface area contributed by atoms with Gasteiger partial charge in [-0.3, -0.25) is 4.79 Å². The Balaban J connectivity index is 2.07. The maximum absolute atomic E-state index is 12.4. The van der Waals surface area contributed by atoms with E-state index < -0.39 is 0 Å². The Morgan fingerprint density at radius 3 is 2.50 bits per heavy atom. The second-order valence-electron chi connectivity index (χ2n) is 5.08. The zero-order valence-electron chi connectivity index (χ0n) is 10.9. The molecule has 1 aliphatic rings. The molecule has 1 N–H and O–H groups in total. The first-order valence-corrected chi connectivity index (χ1v) is 7.36. The lowest BCUT2D eigenvalue weighted by atomic mass is 9.89. The van der Waals surface area contributed by atoms with Gasteiger partial charge in [0.05, 0.1) is 5.56 Å². The standard InChI is InChI=1S/C14H19IN2O/c1-14(16-2)7-9-17(10-8-14)13(18)11-5-3-4-6-12(11)15/h3-6,16H,7-10H2,1-2H3. The third kappa shape index (κ3) is 2.85. The van der Waals surface area contributed by atoms with Crippen molar-refractivity contribution < 1.29 is 4.79 Å². The Hall–Kier alpha value is -0.620. The number of amides is 1. The predicted molar refractivity (Wildman–Crippen MR) is 81.8 cm³/mol. The molecule has 0 bridgehead atoms. The van der Waals surface area contributed by atoms with Crippen LogP contribution in [0.1, 0.15) is 30.1 Å². The molecule has 18 heavy (non-hydrogen) atoms. The number of nitrogens with zero attached hydrogens (tertiary/aromatic N) is 1. The van der Waals surface area contributed by atoms with Gasteiger partial charge < -0.3 is 10.2 Å². The maximum Gasteiger partial charge on any atom is 0.254 e. The van der Waals surface area contributed by atoms with E-state index >= 15 is 0 Å². The number of benzene rings is 1. The number of piperidine rings is 1. The molecule has 0 aromatic heterocycles. The van der Waals surface area contributed by atoms with E-state index in [-0.39, 0.29) is 11.4 Å². The molecular formula is C14H19IN2O. The van der Waals surface area contributed by atoms with E-state index in [9.17, 15) is 4.79 Å². The van der Waals surface area contributed by atoms with E-state index in [1.807, 2.05) is 36.2 Å². The minimum atomic E-state index is 0.165. The summed E-state index contributed by atoms with van der Waals surface area (Å²) in [5.41, 5.74) is 1.01. The zero-order valence-corrected chi connectivity index (χ0v) is 13.0. The van der Waals surface area contributed by atoms with Crippen LogP contribution in [0.4, 0.5) is 0 Å². The van der Waals surface area contributed by atoms with Gasteiger partial charge in [0.2, 0.25) is 0 Å². The largest absolute Gasteiger partial charge is 0.338 e. The van der Waals surface area contributed by atoms with Crippen molar-refractivity contribution in [1.82, 2.24) is 10.2 Å². The summed E-state index contributed by atoms with van der Waals surface area (Å²) in [5, 5.41) is 3.35. The minimum absolute atomic E-state index is 0.165. The Morgan fingerprint density at radius 2 is 1.94 bits per heavy atom. The van der Waals surface area contributed by atoms with Gasteiger partial charge in [0, 0.05) is 22.2 Å². The number of carbonyl (C=O) groups excluding carboxylic acids is 1. The van der Waals surface area contributed by atoms with Gasteiger partial charge in [0.15, 0.2) is 0 Å². The van der Waals surface area contributed by atoms with Crippen LogP contribution < -0.4 is 5.32 Å². The van der Waals surface area contributed by atoms with Crippen LogP contribution in [0.5, 0.6) is 0 Å². The molecule has 1 aromatic carbocycles. The SMILES string of the molecule is CNC1(C)CCN(C(=O)c2ccccc2I)CC1. The van der Waals surface area contributed by atoms with Crippen molar-refractivity contribution in [1.29, 1.82) is 0 Å². The summed E-state index contributed by atoms with van der Waals surface area (Å²) in [6.07, 6.45) is 2.03. The van der Waals surface area contributed by atoms with Crippen LogP contribution in [0.2, 0.25) is 0 Å². The molecule has 0 aliphatic carbocycles. The first kappa shape index (κ1) is 13.8. The van der Waals surface area contributed by atoms with E-state index in [1.165, 1.54) is 0 Å². The Bertz CT molecular complexity index is 439. The summed E-state index contributed by atoms with van der Waals surface area (Å²) < 4.78 is 1.03. The molecule has 1 amide bonds. The Kier molecular flexibility index (Phi) is 4.27. The predicted octanol–water partition coefficient (Wildman–Crippen LogP) is 2.51. The summed E-state index contributed by atoms with van der Waals surface area (Å²) in [6, 6.07) is 7.79. The summed E-state index contributed by atoms with van der Waals surface area (Å²) in [5.74, 6) is 0.165. The maximum atomic E-state index is 12.4. The molecule has 0 saturated carbocycles. The first-order chi connectivity index (χ1) is 8.56. The van der Waals surface area contributed by atoms with Gasteiger partial charge in [-0.25, -0.2) is 0 Å². The van der Waals surface area contributed by atoms with Gasteiger partial charge in [0.25, 0.3) is 5.91 Å². The van der Waals surface area contributed by atoms with Crippen LogP contribution in [-0.4, -0.2) is 36.5 Å². The molecular weight excluding hydrogens is 339 g/mol. The molecule has 2 rings (SSSR count). The highest BCUT2D eigenvalue weighted by Crippen LogP contribution is 2.23. The van der Waals surface area contributed by atoms with Crippen molar-refractivity contribution in [3.63, 3.8) is 0 Å². The summed E-state index contributed by atoms with van der Waals surface area (Å²) in [6.45, 7) is 3.89. The molecule has 0 atom stereocenters. The molecule has 0 unspecified atom stereocenters. The van der Waals surface area contributed by atoms with Gasteiger partial charge in [0.1, 0.15) is 0 Å². The summed E-state index contributed by atoms with van der Waals surface area (Å²) in [7, 11) is 2.00. The van der Waals surface area contributed by atoms with Crippen LogP contribution in [0.3, 0.4) is 0 Å². The number of carbonyl (C=O) groups is 1. The van der Waals surface area contributed by atoms with Crippen LogP contribution in [0.15, 0.2) is 24.3 Å². The fraction of sp³-hybridized carbons (Fsp3) is 0.500. The first-order valence-electron chi connectivity index (χ1n) is 6.28. The lowest BCUT2D eigenvalue weighted by Gasteiger charge is -2.39. The molecule has 98 valence electrons. The number of halogens is 1. The van der Waals surface area contributed by atoms with Crippen molar-refractivity contribution in [2.45, 2.75) is 25.3 Å². The fourth-order valence-corrected chi connectivity index (χ4v) is 2.88. The molecule has 0 spiro atoms. The molecule has 1 fully saturated rings. The van der Waals surface area contributed by atoms with E-state index in [1.54, 1.807) is 0 Å². The quantitative estimate of drug-likeness (QED) is 0.824.